The van der Waals surface area contributed by atoms with Crippen LogP contribution in [0.25, 0.3) is 0 Å². The van der Waals surface area contributed by atoms with Crippen LogP contribution in [-0.4, -0.2) is 24.6 Å². The second-order valence-corrected chi connectivity index (χ2v) is 5.91. The van der Waals surface area contributed by atoms with E-state index in [1.807, 2.05) is 0 Å². The highest BCUT2D eigenvalue weighted by atomic mass is 35.5. The first-order chi connectivity index (χ1) is 11.9. The van der Waals surface area contributed by atoms with Crippen molar-refractivity contribution in [3.63, 3.8) is 0 Å². The smallest absolute Gasteiger partial charge is 0.339 e. The number of halogens is 2. The fourth-order valence-corrected chi connectivity index (χ4v) is 2.43. The Kier molecular flexibility index (Phi) is 6.67. The number of ether oxygens (including phenoxy) is 2. The minimum absolute atomic E-state index is 0.191. The topological polar surface area (TPSA) is 64.6 Å². The number of amides is 1. The van der Waals surface area contributed by atoms with Crippen molar-refractivity contribution in [2.24, 2.45) is 0 Å². The molecule has 0 bridgehead atoms. The molecule has 132 valence electrons. The minimum atomic E-state index is -0.775. The fourth-order valence-electron chi connectivity index (χ4n) is 2.00. The molecular formula is C18H17Cl2NO4. The highest BCUT2D eigenvalue weighted by Gasteiger charge is 2.17. The standard InChI is InChI=1S/C18H17Cl2NO4/c1-3-24-18(23)13-9-8-12(10-15(13)20)21-17(22)11(2)25-16-7-5-4-6-14(16)19/h4-11H,3H2,1-2H3,(H,21,22)/t11-/m1/s1. The van der Waals surface area contributed by atoms with Crippen LogP contribution in [0.5, 0.6) is 5.75 Å². The maximum atomic E-state index is 12.2. The molecule has 0 aliphatic rings. The molecule has 1 amide bonds. The lowest BCUT2D eigenvalue weighted by Crippen LogP contribution is -2.30. The number of carbonyl (C=O) groups excluding carboxylic acids is 2. The van der Waals surface area contributed by atoms with Gasteiger partial charge in [-0.1, -0.05) is 35.3 Å². The van der Waals surface area contributed by atoms with Crippen molar-refractivity contribution in [1.29, 1.82) is 0 Å². The Morgan fingerprint density at radius 2 is 1.84 bits per heavy atom. The summed E-state index contributed by atoms with van der Waals surface area (Å²) in [5.41, 5.74) is 0.680. The SMILES string of the molecule is CCOC(=O)c1ccc(NC(=O)[C@@H](C)Oc2ccccc2Cl)cc1Cl. The van der Waals surface area contributed by atoms with Gasteiger partial charge in [0.05, 0.1) is 22.2 Å². The Balaban J connectivity index is 2.03. The van der Waals surface area contributed by atoms with Crippen molar-refractivity contribution in [2.75, 3.05) is 11.9 Å². The molecule has 25 heavy (non-hydrogen) atoms. The van der Waals surface area contributed by atoms with E-state index < -0.39 is 12.1 Å². The summed E-state index contributed by atoms with van der Waals surface area (Å²) in [5.74, 6) is -0.469. The largest absolute Gasteiger partial charge is 0.479 e. The lowest BCUT2D eigenvalue weighted by molar-refractivity contribution is -0.122. The van der Waals surface area contributed by atoms with Crippen molar-refractivity contribution in [3.05, 3.63) is 58.1 Å². The Morgan fingerprint density at radius 3 is 2.48 bits per heavy atom. The number of carbonyl (C=O) groups is 2. The minimum Gasteiger partial charge on any atom is -0.479 e. The van der Waals surface area contributed by atoms with E-state index in [0.717, 1.165) is 0 Å². The van der Waals surface area contributed by atoms with Crippen molar-refractivity contribution < 1.29 is 19.1 Å². The van der Waals surface area contributed by atoms with Gasteiger partial charge in [0.1, 0.15) is 5.75 Å². The van der Waals surface area contributed by atoms with Crippen molar-refractivity contribution in [1.82, 2.24) is 0 Å². The zero-order chi connectivity index (χ0) is 18.4. The first kappa shape index (κ1) is 19.1. The molecule has 7 heteroatoms. The predicted octanol–water partition coefficient (Wildman–Crippen LogP) is 4.58. The van der Waals surface area contributed by atoms with Crippen molar-refractivity contribution in [3.8, 4) is 5.75 Å². The summed E-state index contributed by atoms with van der Waals surface area (Å²) < 4.78 is 10.5. The third-order valence-electron chi connectivity index (χ3n) is 3.24. The van der Waals surface area contributed by atoms with Gasteiger partial charge in [0.2, 0.25) is 0 Å². The molecule has 0 unspecified atom stereocenters. The second-order valence-electron chi connectivity index (χ2n) is 5.09. The van der Waals surface area contributed by atoms with Crippen LogP contribution in [0.15, 0.2) is 42.5 Å². The summed E-state index contributed by atoms with van der Waals surface area (Å²) in [4.78, 5) is 24.0. The number of hydrogen-bond acceptors (Lipinski definition) is 4. The van der Waals surface area contributed by atoms with E-state index in [1.165, 1.54) is 12.1 Å². The van der Waals surface area contributed by atoms with Crippen LogP contribution >= 0.6 is 23.2 Å². The molecule has 2 rings (SSSR count). The van der Waals surface area contributed by atoms with Crippen LogP contribution in [0.4, 0.5) is 5.69 Å². The molecule has 0 fully saturated rings. The molecule has 1 N–H and O–H groups in total. The molecule has 2 aromatic rings. The van der Waals surface area contributed by atoms with E-state index >= 15 is 0 Å². The fraction of sp³-hybridized carbons (Fsp3) is 0.222. The molecule has 0 heterocycles. The third kappa shape index (κ3) is 5.11. The zero-order valence-corrected chi connectivity index (χ0v) is 15.2. The van der Waals surface area contributed by atoms with Gasteiger partial charge in [-0.3, -0.25) is 4.79 Å². The van der Waals surface area contributed by atoms with Gasteiger partial charge in [0.15, 0.2) is 6.10 Å². The number of nitrogens with one attached hydrogen (secondary N) is 1. The summed E-state index contributed by atoms with van der Waals surface area (Å²) in [5, 5.41) is 3.29. The molecule has 2 aromatic carbocycles. The monoisotopic (exact) mass is 381 g/mol. The van der Waals surface area contributed by atoms with E-state index in [1.54, 1.807) is 44.2 Å². The molecule has 0 saturated heterocycles. The number of benzene rings is 2. The highest BCUT2D eigenvalue weighted by molar-refractivity contribution is 6.34. The summed E-state index contributed by atoms with van der Waals surface area (Å²) in [6.45, 7) is 3.57. The molecule has 0 spiro atoms. The number of rotatable bonds is 6. The number of para-hydroxylation sites is 1. The van der Waals surface area contributed by atoms with Gasteiger partial charge in [0, 0.05) is 5.69 Å². The Labute approximate surface area is 155 Å². The number of esters is 1. The van der Waals surface area contributed by atoms with Crippen molar-refractivity contribution >= 4 is 40.8 Å². The molecule has 0 aliphatic carbocycles. The van der Waals surface area contributed by atoms with Gasteiger partial charge in [-0.05, 0) is 44.2 Å². The van der Waals surface area contributed by atoms with Crippen LogP contribution in [0.3, 0.4) is 0 Å². The molecule has 1 atom stereocenters. The third-order valence-corrected chi connectivity index (χ3v) is 3.87. The van der Waals surface area contributed by atoms with E-state index in [0.29, 0.717) is 16.5 Å². The molecule has 0 aromatic heterocycles. The summed E-state index contributed by atoms with van der Waals surface area (Å²) >= 11 is 12.1. The Morgan fingerprint density at radius 1 is 1.12 bits per heavy atom. The van der Waals surface area contributed by atoms with Crippen LogP contribution in [0.2, 0.25) is 10.0 Å². The normalized spacial score (nSPS) is 11.5. The van der Waals surface area contributed by atoms with Crippen LogP contribution in [0, 0.1) is 0 Å². The van der Waals surface area contributed by atoms with Gasteiger partial charge in [0.25, 0.3) is 5.91 Å². The quantitative estimate of drug-likeness (QED) is 0.743. The first-order valence-electron chi connectivity index (χ1n) is 7.61. The van der Waals surface area contributed by atoms with Gasteiger partial charge < -0.3 is 14.8 Å². The maximum Gasteiger partial charge on any atom is 0.339 e. The molecule has 0 aliphatic heterocycles. The molecule has 5 nitrogen and oxygen atoms in total. The Hall–Kier alpha value is -2.24. The maximum absolute atomic E-state index is 12.2. The average Bonchev–Trinajstić information content (AvgIpc) is 2.57. The summed E-state index contributed by atoms with van der Waals surface area (Å²) in [6, 6.07) is 11.4. The zero-order valence-electron chi connectivity index (χ0n) is 13.7. The lowest BCUT2D eigenvalue weighted by Gasteiger charge is -2.16. The van der Waals surface area contributed by atoms with E-state index in [-0.39, 0.29) is 23.1 Å². The summed E-state index contributed by atoms with van der Waals surface area (Å²) in [6.07, 6.45) is -0.775. The number of hydrogen-bond donors (Lipinski definition) is 1. The van der Waals surface area contributed by atoms with Gasteiger partial charge >= 0.3 is 5.97 Å². The first-order valence-corrected chi connectivity index (χ1v) is 8.36. The van der Waals surface area contributed by atoms with Gasteiger partial charge in [-0.2, -0.15) is 0 Å². The predicted molar refractivity (Wildman–Crippen MR) is 97.6 cm³/mol. The molecular weight excluding hydrogens is 365 g/mol. The van der Waals surface area contributed by atoms with E-state index in [2.05, 4.69) is 5.32 Å². The second kappa shape index (κ2) is 8.74. The van der Waals surface area contributed by atoms with Gasteiger partial charge in [-0.15, -0.1) is 0 Å². The molecule has 0 radical (unpaired) electrons. The van der Waals surface area contributed by atoms with Crippen LogP contribution in [-0.2, 0) is 9.53 Å². The van der Waals surface area contributed by atoms with Crippen LogP contribution in [0.1, 0.15) is 24.2 Å². The average molecular weight is 382 g/mol. The lowest BCUT2D eigenvalue weighted by atomic mass is 10.2. The number of anilines is 1. The molecule has 0 saturated carbocycles. The summed E-state index contributed by atoms with van der Waals surface area (Å²) in [7, 11) is 0. The highest BCUT2D eigenvalue weighted by Crippen LogP contribution is 2.25. The Bertz CT molecular complexity index is 779. The van der Waals surface area contributed by atoms with Gasteiger partial charge in [-0.25, -0.2) is 4.79 Å². The van der Waals surface area contributed by atoms with E-state index in [4.69, 9.17) is 32.7 Å². The van der Waals surface area contributed by atoms with E-state index in [9.17, 15) is 9.59 Å². The van der Waals surface area contributed by atoms with Crippen LogP contribution < -0.4 is 10.1 Å². The van der Waals surface area contributed by atoms with Crippen molar-refractivity contribution in [2.45, 2.75) is 20.0 Å².